The van der Waals surface area contributed by atoms with Gasteiger partial charge in [0.1, 0.15) is 12.7 Å². The molecule has 1 N–H and O–H groups in total. The van der Waals surface area contributed by atoms with Crippen LogP contribution in [0.15, 0.2) is 43.0 Å². The lowest BCUT2D eigenvalue weighted by molar-refractivity contribution is -0.130. The minimum absolute atomic E-state index is 0.0573. The van der Waals surface area contributed by atoms with Crippen LogP contribution in [0.1, 0.15) is 18.4 Å². The van der Waals surface area contributed by atoms with E-state index in [-0.39, 0.29) is 5.91 Å². The van der Waals surface area contributed by atoms with Crippen molar-refractivity contribution in [3.8, 4) is 0 Å². The van der Waals surface area contributed by atoms with E-state index >= 15 is 0 Å². The van der Waals surface area contributed by atoms with E-state index in [4.69, 9.17) is 9.47 Å². The maximum absolute atomic E-state index is 12.9. The first-order chi connectivity index (χ1) is 12.3. The summed E-state index contributed by atoms with van der Waals surface area (Å²) in [6.07, 6.45) is 4.56. The van der Waals surface area contributed by atoms with Crippen LogP contribution in [-0.4, -0.2) is 53.6 Å². The van der Waals surface area contributed by atoms with Crippen LogP contribution in [-0.2, 0) is 26.2 Å². The highest BCUT2D eigenvalue weighted by Gasteiger charge is 2.41. The smallest absolute Gasteiger partial charge is 0.230 e. The Labute approximate surface area is 147 Å². The molecule has 0 bridgehead atoms. The normalized spacial score (nSPS) is 16.5. The SMILES string of the molecule is O=C(NCCOCCn1cncn1)C1(c2ccccc2)CCOCC1. The summed E-state index contributed by atoms with van der Waals surface area (Å²) >= 11 is 0. The zero-order chi connectivity index (χ0) is 17.4. The number of amides is 1. The number of carbonyl (C=O) groups excluding carboxylic acids is 1. The van der Waals surface area contributed by atoms with Gasteiger partial charge in [0.05, 0.1) is 25.2 Å². The molecule has 25 heavy (non-hydrogen) atoms. The van der Waals surface area contributed by atoms with Gasteiger partial charge in [-0.05, 0) is 18.4 Å². The highest BCUT2D eigenvalue weighted by Crippen LogP contribution is 2.34. The summed E-state index contributed by atoms with van der Waals surface area (Å²) in [5.41, 5.74) is 0.558. The van der Waals surface area contributed by atoms with Gasteiger partial charge in [-0.3, -0.25) is 9.48 Å². The Balaban J connectivity index is 1.48. The largest absolute Gasteiger partial charge is 0.381 e. The molecule has 0 unspecified atom stereocenters. The molecule has 7 nitrogen and oxygen atoms in total. The molecule has 1 aliphatic heterocycles. The molecular weight excluding hydrogens is 320 g/mol. The average Bonchev–Trinajstić information content (AvgIpc) is 3.19. The molecule has 0 aliphatic carbocycles. The zero-order valence-electron chi connectivity index (χ0n) is 14.3. The number of nitrogens with zero attached hydrogens (tertiary/aromatic N) is 3. The molecule has 7 heteroatoms. The summed E-state index contributed by atoms with van der Waals surface area (Å²) in [4.78, 5) is 16.8. The summed E-state index contributed by atoms with van der Waals surface area (Å²) in [5.74, 6) is 0.0573. The second-order valence-electron chi connectivity index (χ2n) is 6.09. The van der Waals surface area contributed by atoms with Crippen molar-refractivity contribution in [3.05, 3.63) is 48.5 Å². The first kappa shape index (κ1) is 17.6. The van der Waals surface area contributed by atoms with Gasteiger partial charge in [0, 0.05) is 19.8 Å². The maximum atomic E-state index is 12.9. The van der Waals surface area contributed by atoms with Gasteiger partial charge in [0.2, 0.25) is 5.91 Å². The van der Waals surface area contributed by atoms with Gasteiger partial charge in [-0.2, -0.15) is 5.10 Å². The van der Waals surface area contributed by atoms with Gasteiger partial charge < -0.3 is 14.8 Å². The third-order valence-corrected chi connectivity index (χ3v) is 4.57. The Bertz CT molecular complexity index is 640. The summed E-state index contributed by atoms with van der Waals surface area (Å²) in [5, 5.41) is 7.04. The van der Waals surface area contributed by atoms with Gasteiger partial charge in [0.25, 0.3) is 0 Å². The van der Waals surface area contributed by atoms with Gasteiger partial charge in [-0.1, -0.05) is 30.3 Å². The van der Waals surface area contributed by atoms with E-state index in [1.54, 1.807) is 11.0 Å². The van der Waals surface area contributed by atoms with Crippen molar-refractivity contribution < 1.29 is 14.3 Å². The Morgan fingerprint density at radius 1 is 1.24 bits per heavy atom. The molecule has 1 saturated heterocycles. The van der Waals surface area contributed by atoms with E-state index in [9.17, 15) is 4.79 Å². The lowest BCUT2D eigenvalue weighted by atomic mass is 9.73. The molecular formula is C18H24N4O3. The van der Waals surface area contributed by atoms with Crippen molar-refractivity contribution in [1.29, 1.82) is 0 Å². The lowest BCUT2D eigenvalue weighted by Crippen LogP contribution is -2.48. The van der Waals surface area contributed by atoms with Crippen LogP contribution in [0.2, 0.25) is 0 Å². The minimum atomic E-state index is -0.500. The van der Waals surface area contributed by atoms with Crippen LogP contribution < -0.4 is 5.32 Å². The highest BCUT2D eigenvalue weighted by atomic mass is 16.5. The van der Waals surface area contributed by atoms with E-state index in [0.29, 0.717) is 52.4 Å². The molecule has 134 valence electrons. The lowest BCUT2D eigenvalue weighted by Gasteiger charge is -2.36. The number of rotatable bonds is 8. The van der Waals surface area contributed by atoms with Crippen LogP contribution in [0.3, 0.4) is 0 Å². The van der Waals surface area contributed by atoms with Gasteiger partial charge in [-0.25, -0.2) is 4.98 Å². The molecule has 3 rings (SSSR count). The Hall–Kier alpha value is -2.25. The summed E-state index contributed by atoms with van der Waals surface area (Å²) < 4.78 is 12.7. The summed E-state index contributed by atoms with van der Waals surface area (Å²) in [6, 6.07) is 9.98. The molecule has 1 amide bonds. The number of carbonyl (C=O) groups is 1. The standard InChI is InChI=1S/C18H24N4O3/c23-17(20-8-12-25-13-9-22-15-19-14-21-22)18(6-10-24-11-7-18)16-4-2-1-3-5-16/h1-5,14-15H,6-13H2,(H,20,23). The Morgan fingerprint density at radius 3 is 2.76 bits per heavy atom. The predicted octanol–water partition coefficient (Wildman–Crippen LogP) is 1.16. The fourth-order valence-corrected chi connectivity index (χ4v) is 3.14. The van der Waals surface area contributed by atoms with Crippen molar-refractivity contribution in [1.82, 2.24) is 20.1 Å². The zero-order valence-corrected chi connectivity index (χ0v) is 14.3. The molecule has 0 radical (unpaired) electrons. The monoisotopic (exact) mass is 344 g/mol. The number of benzene rings is 1. The van der Waals surface area contributed by atoms with E-state index in [0.717, 1.165) is 5.56 Å². The van der Waals surface area contributed by atoms with E-state index in [2.05, 4.69) is 15.4 Å². The van der Waals surface area contributed by atoms with Crippen LogP contribution in [0, 0.1) is 0 Å². The summed E-state index contributed by atoms with van der Waals surface area (Å²) in [6.45, 7) is 3.37. The third-order valence-electron chi connectivity index (χ3n) is 4.57. The van der Waals surface area contributed by atoms with E-state index < -0.39 is 5.41 Å². The fourth-order valence-electron chi connectivity index (χ4n) is 3.14. The number of nitrogens with one attached hydrogen (secondary N) is 1. The number of hydrogen-bond acceptors (Lipinski definition) is 5. The molecule has 0 saturated carbocycles. The van der Waals surface area contributed by atoms with Gasteiger partial charge >= 0.3 is 0 Å². The van der Waals surface area contributed by atoms with E-state index in [1.165, 1.54) is 6.33 Å². The van der Waals surface area contributed by atoms with Crippen LogP contribution >= 0.6 is 0 Å². The molecule has 2 heterocycles. The second kappa shape index (κ2) is 8.73. The van der Waals surface area contributed by atoms with Crippen molar-refractivity contribution in [3.63, 3.8) is 0 Å². The molecule has 1 aliphatic rings. The predicted molar refractivity (Wildman–Crippen MR) is 92.0 cm³/mol. The van der Waals surface area contributed by atoms with Crippen LogP contribution in [0.25, 0.3) is 0 Å². The molecule has 1 aromatic carbocycles. The fraction of sp³-hybridized carbons (Fsp3) is 0.500. The average molecular weight is 344 g/mol. The van der Waals surface area contributed by atoms with Crippen LogP contribution in [0.5, 0.6) is 0 Å². The second-order valence-corrected chi connectivity index (χ2v) is 6.09. The molecule has 0 spiro atoms. The number of aromatic nitrogens is 3. The third kappa shape index (κ3) is 4.43. The Kier molecular flexibility index (Phi) is 6.14. The van der Waals surface area contributed by atoms with Crippen molar-refractivity contribution in [2.24, 2.45) is 0 Å². The number of ether oxygens (including phenoxy) is 2. The maximum Gasteiger partial charge on any atom is 0.230 e. The first-order valence-corrected chi connectivity index (χ1v) is 8.63. The molecule has 1 fully saturated rings. The molecule has 0 atom stereocenters. The van der Waals surface area contributed by atoms with Crippen molar-refractivity contribution >= 4 is 5.91 Å². The number of hydrogen-bond donors (Lipinski definition) is 1. The summed E-state index contributed by atoms with van der Waals surface area (Å²) in [7, 11) is 0. The van der Waals surface area contributed by atoms with Crippen LogP contribution in [0.4, 0.5) is 0 Å². The van der Waals surface area contributed by atoms with Gasteiger partial charge in [-0.15, -0.1) is 0 Å². The molecule has 1 aromatic heterocycles. The first-order valence-electron chi connectivity index (χ1n) is 8.63. The minimum Gasteiger partial charge on any atom is -0.381 e. The van der Waals surface area contributed by atoms with Crippen molar-refractivity contribution in [2.75, 3.05) is 33.0 Å². The molecule has 2 aromatic rings. The van der Waals surface area contributed by atoms with E-state index in [1.807, 2.05) is 30.3 Å². The Morgan fingerprint density at radius 2 is 2.04 bits per heavy atom. The highest BCUT2D eigenvalue weighted by molar-refractivity contribution is 5.88. The van der Waals surface area contributed by atoms with Crippen molar-refractivity contribution in [2.45, 2.75) is 24.8 Å². The van der Waals surface area contributed by atoms with Gasteiger partial charge in [0.15, 0.2) is 0 Å². The topological polar surface area (TPSA) is 78.3 Å². The quantitative estimate of drug-likeness (QED) is 0.727.